The third kappa shape index (κ3) is 3.08. The Morgan fingerprint density at radius 2 is 2.00 bits per heavy atom. The maximum absolute atomic E-state index is 12.4. The molecule has 1 heterocycles. The molecule has 0 atom stereocenters. The molecule has 0 aliphatic carbocycles. The van der Waals surface area contributed by atoms with Crippen molar-refractivity contribution in [1.82, 2.24) is 9.80 Å². The number of halogens is 1. The van der Waals surface area contributed by atoms with Gasteiger partial charge in [0.25, 0.3) is 11.6 Å². The molecule has 0 N–H and O–H groups in total. The molecule has 1 aliphatic heterocycles. The van der Waals surface area contributed by atoms with Gasteiger partial charge in [-0.1, -0.05) is 18.5 Å². The van der Waals surface area contributed by atoms with E-state index in [1.807, 2.05) is 0 Å². The van der Waals surface area contributed by atoms with Crippen molar-refractivity contribution in [3.05, 3.63) is 38.9 Å². The van der Waals surface area contributed by atoms with Crippen LogP contribution in [0.4, 0.5) is 5.69 Å². The predicted octanol–water partition coefficient (Wildman–Crippen LogP) is 2.03. The molecule has 1 aromatic carbocycles. The van der Waals surface area contributed by atoms with Crippen molar-refractivity contribution in [3.8, 4) is 0 Å². The van der Waals surface area contributed by atoms with E-state index in [0.29, 0.717) is 18.1 Å². The molecule has 0 saturated carbocycles. The number of nitro groups is 1. The van der Waals surface area contributed by atoms with E-state index < -0.39 is 4.92 Å². The summed E-state index contributed by atoms with van der Waals surface area (Å²) in [7, 11) is 0. The maximum atomic E-state index is 12.4. The molecule has 1 saturated heterocycles. The largest absolute Gasteiger partial charge is 0.336 e. The van der Waals surface area contributed by atoms with Crippen LogP contribution in [-0.4, -0.2) is 53.4 Å². The van der Waals surface area contributed by atoms with Crippen molar-refractivity contribution in [2.45, 2.75) is 6.92 Å². The molecule has 1 fully saturated rings. The number of hydrogen-bond acceptors (Lipinski definition) is 4. The first kappa shape index (κ1) is 14.7. The molecular weight excluding hydrogens is 282 g/mol. The summed E-state index contributed by atoms with van der Waals surface area (Å²) in [5.74, 6) is -0.324. The Balaban J connectivity index is 2.21. The SMILES string of the molecule is CCN1CCN(C(=O)c2cc(Cl)ccc2[N+](=O)[O-])CC1. The van der Waals surface area contributed by atoms with Crippen molar-refractivity contribution in [1.29, 1.82) is 0 Å². The van der Waals surface area contributed by atoms with E-state index in [0.717, 1.165) is 19.6 Å². The summed E-state index contributed by atoms with van der Waals surface area (Å²) in [5.41, 5.74) is -0.134. The van der Waals surface area contributed by atoms with Gasteiger partial charge in [0.05, 0.1) is 4.92 Å². The molecule has 2 rings (SSSR count). The van der Waals surface area contributed by atoms with Gasteiger partial charge in [-0.15, -0.1) is 0 Å². The second kappa shape index (κ2) is 6.19. The van der Waals surface area contributed by atoms with Gasteiger partial charge in [-0.25, -0.2) is 0 Å². The van der Waals surface area contributed by atoms with Crippen LogP contribution in [-0.2, 0) is 0 Å². The molecule has 7 heteroatoms. The number of likely N-dealkylation sites (N-methyl/N-ethyl adjacent to an activating group) is 1. The molecule has 1 aromatic rings. The highest BCUT2D eigenvalue weighted by Gasteiger charge is 2.27. The quantitative estimate of drug-likeness (QED) is 0.632. The third-order valence-corrected chi connectivity index (χ3v) is 3.73. The predicted molar refractivity (Wildman–Crippen MR) is 76.1 cm³/mol. The third-order valence-electron chi connectivity index (χ3n) is 3.49. The van der Waals surface area contributed by atoms with Gasteiger partial charge in [0, 0.05) is 37.3 Å². The highest BCUT2D eigenvalue weighted by molar-refractivity contribution is 6.31. The van der Waals surface area contributed by atoms with E-state index in [1.54, 1.807) is 4.90 Å². The topological polar surface area (TPSA) is 66.7 Å². The molecule has 1 amide bonds. The molecule has 0 spiro atoms. The fraction of sp³-hybridized carbons (Fsp3) is 0.462. The summed E-state index contributed by atoms with van der Waals surface area (Å²) in [5, 5.41) is 11.3. The van der Waals surface area contributed by atoms with Crippen molar-refractivity contribution < 1.29 is 9.72 Å². The lowest BCUT2D eigenvalue weighted by atomic mass is 10.1. The Labute approximate surface area is 122 Å². The first-order chi connectivity index (χ1) is 9.52. The Morgan fingerprint density at radius 1 is 1.35 bits per heavy atom. The summed E-state index contributed by atoms with van der Waals surface area (Å²) in [6.07, 6.45) is 0. The zero-order valence-electron chi connectivity index (χ0n) is 11.2. The summed E-state index contributed by atoms with van der Waals surface area (Å²) >= 11 is 5.85. The minimum atomic E-state index is -0.550. The van der Waals surface area contributed by atoms with Gasteiger partial charge in [0.2, 0.25) is 0 Å². The van der Waals surface area contributed by atoms with E-state index in [-0.39, 0.29) is 17.2 Å². The lowest BCUT2D eigenvalue weighted by molar-refractivity contribution is -0.385. The van der Waals surface area contributed by atoms with Crippen LogP contribution in [0.25, 0.3) is 0 Å². The van der Waals surface area contributed by atoms with Crippen molar-refractivity contribution >= 4 is 23.2 Å². The molecule has 0 unspecified atom stereocenters. The van der Waals surface area contributed by atoms with Crippen molar-refractivity contribution in [2.24, 2.45) is 0 Å². The average molecular weight is 298 g/mol. The molecule has 0 aromatic heterocycles. The number of piperazine rings is 1. The van der Waals surface area contributed by atoms with Crippen molar-refractivity contribution in [3.63, 3.8) is 0 Å². The van der Waals surface area contributed by atoms with Crippen LogP contribution < -0.4 is 0 Å². The van der Waals surface area contributed by atoms with Crippen LogP contribution in [0.2, 0.25) is 5.02 Å². The van der Waals surface area contributed by atoms with Gasteiger partial charge in [-0.3, -0.25) is 14.9 Å². The molecule has 108 valence electrons. The lowest BCUT2D eigenvalue weighted by Crippen LogP contribution is -2.48. The number of nitro benzene ring substituents is 1. The van der Waals surface area contributed by atoms with E-state index in [9.17, 15) is 14.9 Å². The minimum absolute atomic E-state index is 0.0625. The molecule has 0 radical (unpaired) electrons. The van der Waals surface area contributed by atoms with Crippen LogP contribution in [0.3, 0.4) is 0 Å². The number of hydrogen-bond donors (Lipinski definition) is 0. The van der Waals surface area contributed by atoms with Crippen LogP contribution in [0, 0.1) is 10.1 Å². The van der Waals surface area contributed by atoms with Gasteiger partial charge in [0.15, 0.2) is 0 Å². The van der Waals surface area contributed by atoms with Gasteiger partial charge in [-0.2, -0.15) is 0 Å². The number of amides is 1. The highest BCUT2D eigenvalue weighted by atomic mass is 35.5. The van der Waals surface area contributed by atoms with Crippen LogP contribution in [0.15, 0.2) is 18.2 Å². The van der Waals surface area contributed by atoms with E-state index in [1.165, 1.54) is 18.2 Å². The summed E-state index contributed by atoms with van der Waals surface area (Å²) < 4.78 is 0. The summed E-state index contributed by atoms with van der Waals surface area (Å²) in [6, 6.07) is 4.07. The molecular formula is C13H16ClN3O3. The monoisotopic (exact) mass is 297 g/mol. The first-order valence-corrected chi connectivity index (χ1v) is 6.86. The van der Waals surface area contributed by atoms with Gasteiger partial charge < -0.3 is 9.80 Å². The van der Waals surface area contributed by atoms with Gasteiger partial charge >= 0.3 is 0 Å². The van der Waals surface area contributed by atoms with E-state index in [4.69, 9.17) is 11.6 Å². The van der Waals surface area contributed by atoms with Crippen molar-refractivity contribution in [2.75, 3.05) is 32.7 Å². The molecule has 1 aliphatic rings. The zero-order chi connectivity index (χ0) is 14.7. The second-order valence-corrected chi connectivity index (χ2v) is 5.08. The number of rotatable bonds is 3. The lowest BCUT2D eigenvalue weighted by Gasteiger charge is -2.34. The minimum Gasteiger partial charge on any atom is -0.336 e. The Kier molecular flexibility index (Phi) is 4.57. The number of benzene rings is 1. The Bertz CT molecular complexity index is 528. The van der Waals surface area contributed by atoms with Gasteiger partial charge in [0.1, 0.15) is 5.56 Å². The highest BCUT2D eigenvalue weighted by Crippen LogP contribution is 2.24. The fourth-order valence-corrected chi connectivity index (χ4v) is 2.45. The molecule has 20 heavy (non-hydrogen) atoms. The van der Waals surface area contributed by atoms with Gasteiger partial charge in [-0.05, 0) is 18.7 Å². The number of nitrogens with zero attached hydrogens (tertiary/aromatic N) is 3. The summed E-state index contributed by atoms with van der Waals surface area (Å²) in [6.45, 7) is 5.75. The van der Waals surface area contributed by atoms with Crippen LogP contribution in [0.5, 0.6) is 0 Å². The average Bonchev–Trinajstić information content (AvgIpc) is 2.46. The van der Waals surface area contributed by atoms with E-state index >= 15 is 0 Å². The molecule has 6 nitrogen and oxygen atoms in total. The number of carbonyl (C=O) groups excluding carboxylic acids is 1. The normalized spacial score (nSPS) is 16.2. The van der Waals surface area contributed by atoms with Crippen LogP contribution in [0.1, 0.15) is 17.3 Å². The first-order valence-electron chi connectivity index (χ1n) is 6.48. The second-order valence-electron chi connectivity index (χ2n) is 4.65. The van der Waals surface area contributed by atoms with Crippen LogP contribution >= 0.6 is 11.6 Å². The fourth-order valence-electron chi connectivity index (χ4n) is 2.28. The smallest absolute Gasteiger partial charge is 0.282 e. The number of carbonyl (C=O) groups is 1. The zero-order valence-corrected chi connectivity index (χ0v) is 12.0. The molecule has 0 bridgehead atoms. The maximum Gasteiger partial charge on any atom is 0.282 e. The Hall–Kier alpha value is -1.66. The summed E-state index contributed by atoms with van der Waals surface area (Å²) in [4.78, 5) is 26.7. The van der Waals surface area contributed by atoms with E-state index in [2.05, 4.69) is 11.8 Å². The standard InChI is InChI=1S/C13H16ClN3O3/c1-2-15-5-7-16(8-6-15)13(18)11-9-10(14)3-4-12(11)17(19)20/h3-4,9H,2,5-8H2,1H3. The Morgan fingerprint density at radius 3 is 2.55 bits per heavy atom.